The minimum Gasteiger partial charge on any atom is -0.469 e. The van der Waals surface area contributed by atoms with Crippen molar-refractivity contribution in [1.82, 2.24) is 10.3 Å². The fraction of sp³-hybridized carbons (Fsp3) is 0.400. The van der Waals surface area contributed by atoms with E-state index in [2.05, 4.69) is 10.3 Å². The van der Waals surface area contributed by atoms with Crippen molar-refractivity contribution < 1.29 is 31.8 Å². The molecule has 1 aliphatic carbocycles. The van der Waals surface area contributed by atoms with Crippen LogP contribution in [0.3, 0.4) is 0 Å². The van der Waals surface area contributed by atoms with E-state index in [1.807, 2.05) is 37.3 Å². The maximum absolute atomic E-state index is 13.0. The summed E-state index contributed by atoms with van der Waals surface area (Å²) in [5.74, 6) is -0.603. The Morgan fingerprint density at radius 1 is 1.23 bits per heavy atom. The van der Waals surface area contributed by atoms with Crippen molar-refractivity contribution >= 4 is 33.1 Å². The number of H-pyrrole nitrogens is 1. The van der Waals surface area contributed by atoms with Gasteiger partial charge < -0.3 is 15.0 Å². The molecule has 0 radical (unpaired) electrons. The molecule has 3 unspecified atom stereocenters. The van der Waals surface area contributed by atoms with Gasteiger partial charge >= 0.3 is 16.4 Å². The van der Waals surface area contributed by atoms with Gasteiger partial charge in [0.2, 0.25) is 0 Å². The van der Waals surface area contributed by atoms with Crippen LogP contribution >= 0.6 is 0 Å². The molecule has 4 N–H and O–H groups in total. The van der Waals surface area contributed by atoms with Gasteiger partial charge in [-0.25, -0.2) is 0 Å². The topological polar surface area (TPSA) is 146 Å². The number of piperidine rings is 1. The van der Waals surface area contributed by atoms with Gasteiger partial charge in [-0.15, -0.1) is 0 Å². The minimum absolute atomic E-state index is 0.0350. The Morgan fingerprint density at radius 3 is 2.53 bits per heavy atom. The van der Waals surface area contributed by atoms with E-state index < -0.39 is 10.4 Å². The zero-order chi connectivity index (χ0) is 22.1. The Labute approximate surface area is 174 Å². The van der Waals surface area contributed by atoms with E-state index in [0.29, 0.717) is 25.1 Å². The summed E-state index contributed by atoms with van der Waals surface area (Å²) < 4.78 is 36.7. The van der Waals surface area contributed by atoms with Crippen LogP contribution in [-0.2, 0) is 26.4 Å². The molecule has 0 amide bonds. The normalized spacial score (nSPS) is 25.0. The van der Waals surface area contributed by atoms with Crippen LogP contribution in [-0.4, -0.2) is 54.0 Å². The third-order valence-electron chi connectivity index (χ3n) is 5.68. The number of rotatable bonds is 1. The molecule has 1 aromatic heterocycles. The first kappa shape index (κ1) is 22.2. The lowest BCUT2D eigenvalue weighted by molar-refractivity contribution is -0.148. The van der Waals surface area contributed by atoms with Gasteiger partial charge in [-0.05, 0) is 25.0 Å². The van der Waals surface area contributed by atoms with Crippen molar-refractivity contribution in [2.45, 2.75) is 25.8 Å². The maximum Gasteiger partial charge on any atom is 0.394 e. The van der Waals surface area contributed by atoms with Crippen molar-refractivity contribution in [2.24, 2.45) is 11.8 Å². The molecular weight excluding hydrogens is 412 g/mol. The monoisotopic (exact) mass is 436 g/mol. The summed E-state index contributed by atoms with van der Waals surface area (Å²) in [6.45, 7) is 2.67. The Bertz CT molecular complexity index is 1100. The molecule has 9 nitrogen and oxygen atoms in total. The fourth-order valence-electron chi connectivity index (χ4n) is 4.43. The first-order valence-corrected chi connectivity index (χ1v) is 10.8. The zero-order valence-corrected chi connectivity index (χ0v) is 17.4. The predicted octanol–water partition coefficient (Wildman–Crippen LogP) is 1.97. The Balaban J connectivity index is 0.000000461. The van der Waals surface area contributed by atoms with Crippen LogP contribution in [0.15, 0.2) is 35.9 Å². The van der Waals surface area contributed by atoms with Crippen molar-refractivity contribution in [3.8, 4) is 0 Å². The first-order chi connectivity index (χ1) is 14.1. The van der Waals surface area contributed by atoms with Gasteiger partial charge in [0, 0.05) is 35.8 Å². The summed E-state index contributed by atoms with van der Waals surface area (Å²) in [4.78, 5) is 28.8. The Morgan fingerprint density at radius 2 is 1.90 bits per heavy atom. The molecule has 1 aromatic carbocycles. The lowest BCUT2D eigenvalue weighted by atomic mass is 9.71. The summed E-state index contributed by atoms with van der Waals surface area (Å²) in [6, 6.07) is 7.92. The van der Waals surface area contributed by atoms with Crippen molar-refractivity contribution in [1.29, 1.82) is 0 Å². The molecule has 1 aliphatic heterocycles. The number of carbonyl (C=O) groups excluding carboxylic acids is 2. The van der Waals surface area contributed by atoms with Crippen molar-refractivity contribution in [2.75, 3.05) is 13.7 Å². The molecule has 0 saturated carbocycles. The van der Waals surface area contributed by atoms with E-state index >= 15 is 0 Å². The predicted molar refractivity (Wildman–Crippen MR) is 110 cm³/mol. The van der Waals surface area contributed by atoms with Crippen LogP contribution in [0.5, 0.6) is 0 Å². The van der Waals surface area contributed by atoms with E-state index in [9.17, 15) is 9.59 Å². The second-order valence-electron chi connectivity index (χ2n) is 7.31. The zero-order valence-electron chi connectivity index (χ0n) is 16.6. The molecule has 162 valence electrons. The van der Waals surface area contributed by atoms with Gasteiger partial charge in [0.1, 0.15) is 0 Å². The molecular formula is C20H24N2O7S. The Kier molecular flexibility index (Phi) is 6.41. The van der Waals surface area contributed by atoms with Gasteiger partial charge in [0.25, 0.3) is 0 Å². The highest BCUT2D eigenvalue weighted by Crippen LogP contribution is 2.38. The van der Waals surface area contributed by atoms with Gasteiger partial charge in [0.15, 0.2) is 5.78 Å². The number of nitrogens with one attached hydrogen (secondary N) is 2. The molecule has 0 spiro atoms. The van der Waals surface area contributed by atoms with Crippen LogP contribution in [0.25, 0.3) is 10.9 Å². The average Bonchev–Trinajstić information content (AvgIpc) is 3.04. The number of para-hydroxylation sites is 1. The first-order valence-electron chi connectivity index (χ1n) is 9.43. The van der Waals surface area contributed by atoms with Crippen LogP contribution in [0.4, 0.5) is 0 Å². The highest BCUT2D eigenvalue weighted by Gasteiger charge is 2.44. The third kappa shape index (κ3) is 4.62. The van der Waals surface area contributed by atoms with Crippen LogP contribution < -0.4 is 5.32 Å². The van der Waals surface area contributed by atoms with E-state index in [-0.39, 0.29) is 29.6 Å². The molecule has 2 heterocycles. The minimum atomic E-state index is -4.67. The molecule has 2 aromatic rings. The lowest BCUT2D eigenvalue weighted by Crippen LogP contribution is -2.53. The fourth-order valence-corrected chi connectivity index (χ4v) is 4.43. The lowest BCUT2D eigenvalue weighted by Gasteiger charge is -2.40. The summed E-state index contributed by atoms with van der Waals surface area (Å²) in [6.07, 6.45) is 2.99. The number of benzene rings is 1. The van der Waals surface area contributed by atoms with Crippen LogP contribution in [0, 0.1) is 11.8 Å². The molecule has 3 atom stereocenters. The van der Waals surface area contributed by atoms with Gasteiger partial charge in [-0.3, -0.25) is 18.7 Å². The van der Waals surface area contributed by atoms with E-state index in [4.69, 9.17) is 22.3 Å². The molecule has 4 rings (SSSR count). The molecule has 2 bridgehead atoms. The van der Waals surface area contributed by atoms with E-state index in [1.54, 1.807) is 0 Å². The molecule has 1 saturated heterocycles. The summed E-state index contributed by atoms with van der Waals surface area (Å²) in [5, 5.41) is 4.56. The van der Waals surface area contributed by atoms with Crippen molar-refractivity contribution in [3.05, 3.63) is 47.2 Å². The number of ether oxygens (including phenoxy) is 1. The Hall–Kier alpha value is -2.53. The number of Topliss-reactive ketones (excluding diaryl/α,β-unsaturated/α-hetero) is 1. The number of hydrogen-bond donors (Lipinski definition) is 4. The number of aromatic nitrogens is 1. The smallest absolute Gasteiger partial charge is 0.394 e. The highest BCUT2D eigenvalue weighted by atomic mass is 32.3. The van der Waals surface area contributed by atoms with E-state index in [1.165, 1.54) is 7.11 Å². The number of methoxy groups -OCH3 is 1. The number of allylic oxidation sites excluding steroid dienone is 1. The molecule has 1 fully saturated rings. The SMILES string of the molecule is C/C=C1\CNC2Cc3c([nH]c4ccccc34)C(=O)CC1C2C(=O)OC.O=S(=O)(O)O. The molecule has 10 heteroatoms. The largest absolute Gasteiger partial charge is 0.469 e. The van der Waals surface area contributed by atoms with Gasteiger partial charge in [-0.2, -0.15) is 8.42 Å². The van der Waals surface area contributed by atoms with E-state index in [0.717, 1.165) is 22.0 Å². The number of hydrogen-bond acceptors (Lipinski definition) is 6. The van der Waals surface area contributed by atoms with Crippen LogP contribution in [0.2, 0.25) is 0 Å². The number of fused-ring (bicyclic) bond motifs is 5. The summed E-state index contributed by atoms with van der Waals surface area (Å²) >= 11 is 0. The maximum atomic E-state index is 13.0. The number of ketones is 1. The second kappa shape index (κ2) is 8.68. The molecule has 2 aliphatic rings. The standard InChI is InChI=1S/C20H22N2O3.H2O4S/c1-3-11-10-21-16-8-14-12-6-4-5-7-15(12)22-19(14)17(23)9-13(11)18(16)20(24)25-2;1-5(2,3)4/h3-7,13,16,18,21-22H,8-10H2,1-2H3;(H2,1,2,3,4)/b11-3+;. The number of esters is 1. The van der Waals surface area contributed by atoms with Crippen molar-refractivity contribution in [3.63, 3.8) is 0 Å². The number of carbonyl (C=O) groups is 2. The highest BCUT2D eigenvalue weighted by molar-refractivity contribution is 7.79. The summed E-state index contributed by atoms with van der Waals surface area (Å²) in [7, 11) is -3.24. The number of aromatic amines is 1. The van der Waals surface area contributed by atoms with Gasteiger partial charge in [-0.1, -0.05) is 29.8 Å². The molecule has 30 heavy (non-hydrogen) atoms. The van der Waals surface area contributed by atoms with Crippen LogP contribution in [0.1, 0.15) is 29.4 Å². The quantitative estimate of drug-likeness (QED) is 0.301. The third-order valence-corrected chi connectivity index (χ3v) is 5.68. The second-order valence-corrected chi connectivity index (χ2v) is 8.21. The summed E-state index contributed by atoms with van der Waals surface area (Å²) in [5.41, 5.74) is 3.78. The van der Waals surface area contributed by atoms with Gasteiger partial charge in [0.05, 0.1) is 18.7 Å². The average molecular weight is 436 g/mol.